The van der Waals surface area contributed by atoms with Crippen LogP contribution in [0.1, 0.15) is 36.9 Å². The number of aryl methyl sites for hydroxylation is 1. The van der Waals surface area contributed by atoms with Crippen molar-refractivity contribution in [3.05, 3.63) is 35.4 Å². The van der Waals surface area contributed by atoms with Gasteiger partial charge in [0.1, 0.15) is 0 Å². The van der Waals surface area contributed by atoms with Crippen LogP contribution >= 0.6 is 0 Å². The molecule has 1 N–H and O–H groups in total. The Labute approximate surface area is 98.0 Å². The van der Waals surface area contributed by atoms with Gasteiger partial charge in [0.2, 0.25) is 0 Å². The molecule has 16 heavy (non-hydrogen) atoms. The Morgan fingerprint density at radius 2 is 2.19 bits per heavy atom. The van der Waals surface area contributed by atoms with E-state index in [1.807, 2.05) is 7.11 Å². The second-order valence-electron chi connectivity index (χ2n) is 4.44. The smallest absolute Gasteiger partial charge is 0.0769 e. The number of ether oxygens (including phenoxy) is 1. The highest BCUT2D eigenvalue weighted by molar-refractivity contribution is 5.33. The molecule has 2 unspecified atom stereocenters. The van der Waals surface area contributed by atoms with Gasteiger partial charge in [-0.15, -0.1) is 0 Å². The fraction of sp³-hybridized carbons (Fsp3) is 0.571. The molecular weight excluding hydrogens is 198 g/mol. The summed E-state index contributed by atoms with van der Waals surface area (Å²) in [7, 11) is 1.82. The van der Waals surface area contributed by atoms with Crippen LogP contribution in [-0.4, -0.2) is 19.8 Å². The van der Waals surface area contributed by atoms with E-state index >= 15 is 0 Å². The second-order valence-corrected chi connectivity index (χ2v) is 4.44. The van der Waals surface area contributed by atoms with Gasteiger partial charge in [-0.2, -0.15) is 0 Å². The lowest BCUT2D eigenvalue weighted by Crippen LogP contribution is -2.37. The van der Waals surface area contributed by atoms with Gasteiger partial charge in [0.25, 0.3) is 0 Å². The van der Waals surface area contributed by atoms with E-state index in [2.05, 4.69) is 36.5 Å². The average Bonchev–Trinajstić information content (AvgIpc) is 2.35. The molecule has 1 aliphatic rings. The topological polar surface area (TPSA) is 21.3 Å². The fourth-order valence-electron chi connectivity index (χ4n) is 2.53. The molecule has 0 radical (unpaired) electrons. The van der Waals surface area contributed by atoms with Crippen LogP contribution in [0.3, 0.4) is 0 Å². The van der Waals surface area contributed by atoms with Crippen molar-refractivity contribution in [3.63, 3.8) is 0 Å². The highest BCUT2D eigenvalue weighted by Crippen LogP contribution is 2.31. The minimum absolute atomic E-state index is 0.321. The van der Waals surface area contributed by atoms with Crippen molar-refractivity contribution in [2.45, 2.75) is 38.3 Å². The summed E-state index contributed by atoms with van der Waals surface area (Å²) < 4.78 is 5.60. The molecule has 0 saturated heterocycles. The van der Waals surface area contributed by atoms with Crippen molar-refractivity contribution in [2.24, 2.45) is 0 Å². The first-order valence-electron chi connectivity index (χ1n) is 6.20. The van der Waals surface area contributed by atoms with E-state index in [0.29, 0.717) is 12.1 Å². The third kappa shape index (κ3) is 2.28. The number of fused-ring (bicyclic) bond motifs is 1. The zero-order chi connectivity index (χ0) is 11.4. The lowest BCUT2D eigenvalue weighted by atomic mass is 9.85. The van der Waals surface area contributed by atoms with Crippen molar-refractivity contribution in [1.82, 2.24) is 5.32 Å². The van der Waals surface area contributed by atoms with Crippen LogP contribution in [0.15, 0.2) is 24.3 Å². The van der Waals surface area contributed by atoms with Crippen LogP contribution in [-0.2, 0) is 11.2 Å². The molecular formula is C14H21NO. The lowest BCUT2D eigenvalue weighted by molar-refractivity contribution is 0.0556. The third-order valence-corrected chi connectivity index (χ3v) is 3.38. The molecule has 1 aromatic rings. The van der Waals surface area contributed by atoms with Crippen molar-refractivity contribution in [1.29, 1.82) is 0 Å². The summed E-state index contributed by atoms with van der Waals surface area (Å²) >= 11 is 0. The number of methoxy groups -OCH3 is 1. The monoisotopic (exact) mass is 219 g/mol. The molecule has 1 aromatic carbocycles. The zero-order valence-corrected chi connectivity index (χ0v) is 10.2. The first-order valence-corrected chi connectivity index (χ1v) is 6.20. The van der Waals surface area contributed by atoms with E-state index in [-0.39, 0.29) is 0 Å². The van der Waals surface area contributed by atoms with Crippen LogP contribution in [0.25, 0.3) is 0 Å². The maximum Gasteiger partial charge on any atom is 0.0769 e. The molecule has 88 valence electrons. The Kier molecular flexibility index (Phi) is 3.97. The average molecular weight is 219 g/mol. The number of nitrogens with one attached hydrogen (secondary N) is 1. The number of hydrogen-bond donors (Lipinski definition) is 1. The van der Waals surface area contributed by atoms with Crippen molar-refractivity contribution in [2.75, 3.05) is 13.7 Å². The molecule has 2 rings (SSSR count). The second kappa shape index (κ2) is 5.46. The van der Waals surface area contributed by atoms with Gasteiger partial charge in [0.05, 0.1) is 12.1 Å². The Bertz CT molecular complexity index is 337. The van der Waals surface area contributed by atoms with Gasteiger partial charge in [0, 0.05) is 7.11 Å². The first kappa shape index (κ1) is 11.6. The Balaban J connectivity index is 2.22. The molecule has 0 aromatic heterocycles. The van der Waals surface area contributed by atoms with Gasteiger partial charge in [-0.1, -0.05) is 31.2 Å². The van der Waals surface area contributed by atoms with Gasteiger partial charge in [-0.25, -0.2) is 0 Å². The van der Waals surface area contributed by atoms with E-state index in [0.717, 1.165) is 25.8 Å². The van der Waals surface area contributed by atoms with Crippen molar-refractivity contribution >= 4 is 0 Å². The maximum absolute atomic E-state index is 5.60. The molecule has 2 atom stereocenters. The Morgan fingerprint density at radius 3 is 2.94 bits per heavy atom. The van der Waals surface area contributed by atoms with Crippen LogP contribution in [0.5, 0.6) is 0 Å². The first-order chi connectivity index (χ1) is 7.86. The minimum atomic E-state index is 0.321. The number of rotatable bonds is 4. The summed E-state index contributed by atoms with van der Waals surface area (Å²) in [5.41, 5.74) is 2.90. The van der Waals surface area contributed by atoms with Gasteiger partial charge in [-0.05, 0) is 36.9 Å². The minimum Gasteiger partial charge on any atom is -0.379 e. The summed E-state index contributed by atoms with van der Waals surface area (Å²) in [6.45, 7) is 3.25. The maximum atomic E-state index is 5.60. The molecule has 0 spiro atoms. The molecule has 0 saturated carbocycles. The van der Waals surface area contributed by atoms with E-state index in [1.165, 1.54) is 11.1 Å². The summed E-state index contributed by atoms with van der Waals surface area (Å²) in [6.07, 6.45) is 3.74. The van der Waals surface area contributed by atoms with Crippen LogP contribution in [0.4, 0.5) is 0 Å². The predicted molar refractivity (Wildman–Crippen MR) is 66.6 cm³/mol. The van der Waals surface area contributed by atoms with Crippen LogP contribution < -0.4 is 5.32 Å². The highest BCUT2D eigenvalue weighted by Gasteiger charge is 2.28. The van der Waals surface area contributed by atoms with Crippen LogP contribution in [0, 0.1) is 0 Å². The molecule has 0 aliphatic heterocycles. The largest absolute Gasteiger partial charge is 0.379 e. The Morgan fingerprint density at radius 1 is 1.38 bits per heavy atom. The van der Waals surface area contributed by atoms with Crippen molar-refractivity contribution in [3.8, 4) is 0 Å². The molecule has 0 fully saturated rings. The molecule has 1 aliphatic carbocycles. The quantitative estimate of drug-likeness (QED) is 0.840. The summed E-state index contributed by atoms with van der Waals surface area (Å²) in [4.78, 5) is 0. The third-order valence-electron chi connectivity index (χ3n) is 3.38. The standard InChI is InChI=1S/C14H21NO/c1-3-10-15-14-12-7-5-4-6-11(12)8-9-13(14)16-2/h4-7,13-15H,3,8-10H2,1-2H3. The van der Waals surface area contributed by atoms with E-state index in [9.17, 15) is 0 Å². The summed E-state index contributed by atoms with van der Waals surface area (Å²) in [6, 6.07) is 9.09. The SMILES string of the molecule is CCCNC1c2ccccc2CCC1OC. The predicted octanol–water partition coefficient (Wildman–Crippen LogP) is 2.69. The van der Waals surface area contributed by atoms with E-state index < -0.39 is 0 Å². The van der Waals surface area contributed by atoms with Gasteiger partial charge < -0.3 is 10.1 Å². The number of benzene rings is 1. The summed E-state index contributed by atoms with van der Waals surface area (Å²) in [5, 5.41) is 3.60. The fourth-order valence-corrected chi connectivity index (χ4v) is 2.53. The zero-order valence-electron chi connectivity index (χ0n) is 10.2. The van der Waals surface area contributed by atoms with E-state index in [1.54, 1.807) is 0 Å². The highest BCUT2D eigenvalue weighted by atomic mass is 16.5. The normalized spacial score (nSPS) is 24.1. The van der Waals surface area contributed by atoms with Gasteiger partial charge in [-0.3, -0.25) is 0 Å². The Hall–Kier alpha value is -0.860. The van der Waals surface area contributed by atoms with Gasteiger partial charge >= 0.3 is 0 Å². The lowest BCUT2D eigenvalue weighted by Gasteiger charge is -2.33. The summed E-state index contributed by atoms with van der Waals surface area (Å²) in [5.74, 6) is 0. The van der Waals surface area contributed by atoms with Gasteiger partial charge in [0.15, 0.2) is 0 Å². The molecule has 2 heteroatoms. The molecule has 0 amide bonds. The van der Waals surface area contributed by atoms with E-state index in [4.69, 9.17) is 4.74 Å². The molecule has 0 bridgehead atoms. The number of hydrogen-bond acceptors (Lipinski definition) is 2. The van der Waals surface area contributed by atoms with Crippen LogP contribution in [0.2, 0.25) is 0 Å². The van der Waals surface area contributed by atoms with Crippen molar-refractivity contribution < 1.29 is 4.74 Å². The molecule has 0 heterocycles. The molecule has 2 nitrogen and oxygen atoms in total.